The highest BCUT2D eigenvalue weighted by Crippen LogP contribution is 2.58. The Morgan fingerprint density at radius 3 is 1.14 bits per heavy atom. The van der Waals surface area contributed by atoms with Crippen LogP contribution < -0.4 is 19.6 Å². The predicted molar refractivity (Wildman–Crippen MR) is 577 cm³/mol. The monoisotopic (exact) mass is 1870 g/mol. The summed E-state index contributed by atoms with van der Waals surface area (Å²) in [6.07, 6.45) is 0. The Labute approximate surface area is 819 Å². The van der Waals surface area contributed by atoms with Crippen LogP contribution in [0.3, 0.4) is 0 Å². The molecule has 0 aliphatic heterocycles. The second kappa shape index (κ2) is 30.9. The van der Waals surface area contributed by atoms with E-state index < -0.39 is 23.3 Å². The zero-order valence-electron chi connectivity index (χ0n) is 77.6. The number of hydrogen-bond donors (Lipinski definition) is 0. The van der Waals surface area contributed by atoms with E-state index in [9.17, 15) is 5.26 Å². The fourth-order valence-electron chi connectivity index (χ4n) is 23.3. The minimum Gasteiger partial charge on any atom is -0.454 e. The molecular formula is C127H78F4N8O3S. The van der Waals surface area contributed by atoms with Gasteiger partial charge in [-0.3, -0.25) is 0 Å². The van der Waals surface area contributed by atoms with Gasteiger partial charge in [0.2, 0.25) is 0 Å². The lowest BCUT2D eigenvalue weighted by molar-refractivity contribution is 0.583. The molecule has 143 heavy (non-hydrogen) atoms. The van der Waals surface area contributed by atoms with Crippen LogP contribution in [0.5, 0.6) is 0 Å². The number of anilines is 12. The lowest BCUT2D eigenvalue weighted by atomic mass is 9.82. The molecule has 11 nitrogen and oxygen atoms in total. The number of aromatic nitrogens is 2. The van der Waals surface area contributed by atoms with Crippen LogP contribution in [0.1, 0.15) is 61.1 Å². The molecule has 0 saturated heterocycles. The van der Waals surface area contributed by atoms with Crippen molar-refractivity contribution < 1.29 is 30.8 Å². The van der Waals surface area contributed by atoms with Gasteiger partial charge in [-0.1, -0.05) is 191 Å². The summed E-state index contributed by atoms with van der Waals surface area (Å²) in [5.41, 5.74) is 33.3. The van der Waals surface area contributed by atoms with Gasteiger partial charge in [-0.15, -0.1) is 11.3 Å². The van der Waals surface area contributed by atoms with Gasteiger partial charge in [-0.2, -0.15) is 5.26 Å². The van der Waals surface area contributed by atoms with Crippen LogP contribution in [0, 0.1) is 48.1 Å². The Hall–Kier alpha value is -18.2. The molecule has 0 amide bonds. The number of fused-ring (bicyclic) bond motifs is 28. The van der Waals surface area contributed by atoms with Crippen molar-refractivity contribution in [1.82, 2.24) is 8.80 Å². The average Bonchev–Trinajstić information content (AvgIpc) is 1.51. The standard InChI is InChI=1S/C65H43F4N3OS.C62H35N5O2/c1-34-22-51-59-52(23-34)63-61(50-21-17-42(33-58(50)74-63)71(44-28-37(68)25-38(69)29-44)40-15-19-48-46-11-7-9-13-54(46)65(4,5)56(48)31-40)72(59)60-49-20-16-41(32-57(49)73-62(51)60)70(43-26-35(66)24-36(67)27-43)39-14-18-47-45-10-6-8-12-53(45)64(2,3)55(47)30-39;1-64-45-19-25-47(26-20-45)66(49-24-18-41-12-6-8-14-43(41)32-49)51-28-30-53-57(36-51)69-62-55-34-44(39-9-3-2-4-10-39)33-54-58(55)67(60(53)62)59-52-29-27-50(35-56(52)68-61(54)59)65(46-21-15-38(37-63)16-22-46)48-23-17-40-11-5-7-13-42(40)31-48/h6-33H,1-5H3;2-36H. The molecule has 27 aromatic rings. The molecule has 2 aliphatic carbocycles. The second-order valence-electron chi connectivity index (χ2n) is 38.8. The van der Waals surface area contributed by atoms with E-state index in [0.29, 0.717) is 33.9 Å². The number of nitriles is 1. The SMILES string of the molecule is Cc1cc2c3oc4cc(N(c5cc(F)cc(F)c5)c5ccc6c(c5)C(C)(C)c5ccccc5-6)ccc4c3n3c2c(c1)c1sc2cc(N(c4cc(F)cc(F)c4)c4ccc5c(c4)C(C)(C)c4ccccc4-5)ccc2c13.[C-]#[N+]c1ccc(N(c2ccc3ccccc3c2)c2ccc3c(c2)oc2c4cc(-c5ccccc5)cc5c6oc7cc(N(c8ccc(C#N)cc8)c8ccc9ccccc9c8)ccc7c6n(c54)c32)cc1. The van der Waals surface area contributed by atoms with E-state index in [1.807, 2.05) is 94.7 Å². The molecule has 0 unspecified atom stereocenters. The number of benzene rings is 19. The zero-order chi connectivity index (χ0) is 96.0. The quantitative estimate of drug-likeness (QED) is 0.0833. The first kappa shape index (κ1) is 83.0. The minimum absolute atomic E-state index is 0.287. The normalized spacial score (nSPS) is 13.0. The van der Waals surface area contributed by atoms with Crippen molar-refractivity contribution in [3.8, 4) is 39.4 Å². The Morgan fingerprint density at radius 1 is 0.301 bits per heavy atom. The molecule has 8 aromatic heterocycles. The molecule has 8 heterocycles. The molecular weight excluding hydrogens is 1790 g/mol. The highest BCUT2D eigenvalue weighted by molar-refractivity contribution is 7.26. The summed E-state index contributed by atoms with van der Waals surface area (Å²) < 4.78 is 88.8. The van der Waals surface area contributed by atoms with Gasteiger partial charge in [0.1, 0.15) is 56.6 Å². The highest BCUT2D eigenvalue weighted by Gasteiger charge is 2.40. The lowest BCUT2D eigenvalue weighted by Crippen LogP contribution is -2.16. The molecule has 0 N–H and O–H groups in total. The number of furan rings is 3. The number of aryl methyl sites for hydroxylation is 1. The van der Waals surface area contributed by atoms with E-state index in [-0.39, 0.29) is 10.8 Å². The van der Waals surface area contributed by atoms with Gasteiger partial charge >= 0.3 is 0 Å². The topological polar surface area (TPSA) is 89.3 Å². The van der Waals surface area contributed by atoms with Gasteiger partial charge in [0.25, 0.3) is 0 Å². The first-order valence-electron chi connectivity index (χ1n) is 47.6. The number of halogens is 4. The fraction of sp³-hybridized carbons (Fsp3) is 0.0551. The third-order valence-electron chi connectivity index (χ3n) is 29.7. The molecule has 678 valence electrons. The Kier molecular flexibility index (Phi) is 17.9. The molecule has 0 saturated carbocycles. The van der Waals surface area contributed by atoms with Crippen molar-refractivity contribution in [1.29, 1.82) is 5.26 Å². The average molecular weight is 1870 g/mol. The van der Waals surface area contributed by atoms with E-state index in [2.05, 4.69) is 325 Å². The van der Waals surface area contributed by atoms with Crippen LogP contribution in [-0.2, 0) is 10.8 Å². The smallest absolute Gasteiger partial charge is 0.187 e. The summed E-state index contributed by atoms with van der Waals surface area (Å²) in [6.45, 7) is 18.6. The summed E-state index contributed by atoms with van der Waals surface area (Å²) in [5, 5.41) is 22.3. The van der Waals surface area contributed by atoms with E-state index in [4.69, 9.17) is 19.8 Å². The summed E-state index contributed by atoms with van der Waals surface area (Å²) in [7, 11) is 0. The maximum atomic E-state index is 15.2. The first-order chi connectivity index (χ1) is 69.8. The molecule has 29 rings (SSSR count). The Balaban J connectivity index is 0.000000140. The number of thiophene rings is 1. The van der Waals surface area contributed by atoms with Crippen LogP contribution >= 0.6 is 11.3 Å². The van der Waals surface area contributed by atoms with Crippen LogP contribution in [0.2, 0.25) is 0 Å². The van der Waals surface area contributed by atoms with Gasteiger partial charge in [-0.05, 0) is 278 Å². The summed E-state index contributed by atoms with van der Waals surface area (Å²) in [5.74, 6) is -2.66. The number of nitrogens with zero attached hydrogens (tertiary/aromatic N) is 8. The molecule has 0 bridgehead atoms. The Bertz CT molecular complexity index is 9630. The van der Waals surface area contributed by atoms with E-state index >= 15 is 17.6 Å². The fourth-order valence-corrected chi connectivity index (χ4v) is 24.5. The molecule has 0 fully saturated rings. The van der Waals surface area contributed by atoms with Crippen LogP contribution in [0.4, 0.5) is 91.5 Å². The zero-order valence-corrected chi connectivity index (χ0v) is 78.4. The maximum Gasteiger partial charge on any atom is 0.187 e. The van der Waals surface area contributed by atoms with Crippen LogP contribution in [0.25, 0.3) is 179 Å². The van der Waals surface area contributed by atoms with Gasteiger partial charge < -0.3 is 41.7 Å². The highest BCUT2D eigenvalue weighted by atomic mass is 32.1. The lowest BCUT2D eigenvalue weighted by Gasteiger charge is -2.28. The van der Waals surface area contributed by atoms with E-state index in [1.54, 1.807) is 11.3 Å². The number of rotatable bonds is 13. The van der Waals surface area contributed by atoms with Crippen molar-refractivity contribution >= 4 is 226 Å². The predicted octanol–water partition coefficient (Wildman–Crippen LogP) is 36.9. The van der Waals surface area contributed by atoms with E-state index in [0.717, 1.165) is 237 Å². The molecule has 19 aromatic carbocycles. The first-order valence-corrected chi connectivity index (χ1v) is 48.4. The Morgan fingerprint density at radius 2 is 0.664 bits per heavy atom. The summed E-state index contributed by atoms with van der Waals surface area (Å²) >= 11 is 1.70. The third kappa shape index (κ3) is 12.6. The molecule has 0 atom stereocenters. The third-order valence-corrected chi connectivity index (χ3v) is 30.9. The van der Waals surface area contributed by atoms with Gasteiger partial charge in [0.05, 0.1) is 50.8 Å². The van der Waals surface area contributed by atoms with Crippen molar-refractivity contribution in [2.45, 2.75) is 45.4 Å². The van der Waals surface area contributed by atoms with E-state index in [1.165, 1.54) is 46.5 Å². The number of hydrogen-bond acceptors (Lipinski definition) is 9. The van der Waals surface area contributed by atoms with Gasteiger partial charge in [0.15, 0.2) is 22.4 Å². The van der Waals surface area contributed by atoms with Crippen molar-refractivity contribution in [2.24, 2.45) is 0 Å². The van der Waals surface area contributed by atoms with Crippen molar-refractivity contribution in [2.75, 3.05) is 19.6 Å². The summed E-state index contributed by atoms with van der Waals surface area (Å²) in [6, 6.07) is 129. The molecule has 2 aliphatic rings. The molecule has 0 spiro atoms. The maximum absolute atomic E-state index is 15.2. The van der Waals surface area contributed by atoms with Crippen LogP contribution in [-0.4, -0.2) is 8.80 Å². The summed E-state index contributed by atoms with van der Waals surface area (Å²) in [4.78, 5) is 12.0. The molecule has 16 heteroatoms. The minimum atomic E-state index is -0.672. The van der Waals surface area contributed by atoms with Gasteiger partial charge in [-0.25, -0.2) is 22.4 Å². The molecule has 0 radical (unpaired) electrons. The van der Waals surface area contributed by atoms with Crippen molar-refractivity contribution in [3.05, 3.63) is 450 Å². The van der Waals surface area contributed by atoms with Crippen molar-refractivity contribution in [3.63, 3.8) is 0 Å². The van der Waals surface area contributed by atoms with Gasteiger partial charge in [0, 0.05) is 146 Å². The largest absolute Gasteiger partial charge is 0.454 e. The second-order valence-corrected chi connectivity index (χ2v) is 39.8. The van der Waals surface area contributed by atoms with Crippen LogP contribution in [0.15, 0.2) is 395 Å².